The molecule has 1 N–H and O–H groups in total. The van der Waals surface area contributed by atoms with Crippen LogP contribution in [0.25, 0.3) is 0 Å². The molecule has 1 aromatic rings. The summed E-state index contributed by atoms with van der Waals surface area (Å²) < 4.78 is 0. The van der Waals surface area contributed by atoms with Gasteiger partial charge in [0.2, 0.25) is 0 Å². The number of aryl methyl sites for hydroxylation is 1. The topological polar surface area (TPSA) is 54.9 Å². The summed E-state index contributed by atoms with van der Waals surface area (Å²) in [6, 6.07) is 0.0960. The normalized spacial score (nSPS) is 16.6. The van der Waals surface area contributed by atoms with Gasteiger partial charge in [0, 0.05) is 24.9 Å². The van der Waals surface area contributed by atoms with E-state index in [1.807, 2.05) is 13.8 Å². The first-order valence-electron chi connectivity index (χ1n) is 7.01. The second-order valence-electron chi connectivity index (χ2n) is 4.96. The maximum Gasteiger partial charge on any atom is 0.254 e. The van der Waals surface area contributed by atoms with E-state index in [1.165, 1.54) is 18.4 Å². The number of nitrogens with zero attached hydrogens (tertiary/aromatic N) is 2. The first-order valence-corrected chi connectivity index (χ1v) is 7.01. The molecule has 0 saturated carbocycles. The molecule has 0 radical (unpaired) electrons. The van der Waals surface area contributed by atoms with E-state index >= 15 is 0 Å². The lowest BCUT2D eigenvalue weighted by Crippen LogP contribution is -2.34. The average Bonchev–Trinajstić information content (AvgIpc) is 2.48. The van der Waals surface area contributed by atoms with Gasteiger partial charge in [-0.05, 0) is 32.6 Å². The molecular formula is C15H21N3O. The van der Waals surface area contributed by atoms with Gasteiger partial charge >= 0.3 is 0 Å². The molecule has 1 atom stereocenters. The van der Waals surface area contributed by atoms with Crippen LogP contribution >= 0.6 is 0 Å². The third kappa shape index (κ3) is 3.63. The van der Waals surface area contributed by atoms with Crippen molar-refractivity contribution in [2.45, 2.75) is 52.0 Å². The van der Waals surface area contributed by atoms with Crippen LogP contribution in [-0.2, 0) is 6.42 Å². The highest BCUT2D eigenvalue weighted by Crippen LogP contribution is 2.20. The Balaban J connectivity index is 1.97. The standard InChI is InChI=1S/C15H21N3O/c1-3-14-16-9-13(10-17-14)15(19)18-11(2)12-7-5-4-6-8-12/h7,9-11H,3-6,8H2,1-2H3,(H,18,19)/t11-/m0/s1. The van der Waals surface area contributed by atoms with Crippen LogP contribution < -0.4 is 5.32 Å². The number of hydrogen-bond donors (Lipinski definition) is 1. The summed E-state index contributed by atoms with van der Waals surface area (Å²) in [5.41, 5.74) is 1.87. The Bertz CT molecular complexity index is 465. The number of rotatable bonds is 4. The molecule has 2 rings (SSSR count). The molecule has 0 spiro atoms. The molecule has 1 aromatic heterocycles. The summed E-state index contributed by atoms with van der Waals surface area (Å²) in [6.45, 7) is 4.03. The zero-order chi connectivity index (χ0) is 13.7. The van der Waals surface area contributed by atoms with Crippen LogP contribution in [-0.4, -0.2) is 21.9 Å². The van der Waals surface area contributed by atoms with E-state index in [1.54, 1.807) is 12.4 Å². The molecule has 1 aliphatic carbocycles. The highest BCUT2D eigenvalue weighted by Gasteiger charge is 2.15. The Morgan fingerprint density at radius 3 is 2.68 bits per heavy atom. The van der Waals surface area contributed by atoms with E-state index in [0.29, 0.717) is 5.56 Å². The fourth-order valence-corrected chi connectivity index (χ4v) is 2.28. The number of amides is 1. The van der Waals surface area contributed by atoms with Gasteiger partial charge in [-0.1, -0.05) is 18.6 Å². The molecule has 1 heterocycles. The van der Waals surface area contributed by atoms with Crippen molar-refractivity contribution in [3.05, 3.63) is 35.4 Å². The largest absolute Gasteiger partial charge is 0.346 e. The molecule has 0 aliphatic heterocycles. The van der Waals surface area contributed by atoms with Crippen LogP contribution in [0.4, 0.5) is 0 Å². The lowest BCUT2D eigenvalue weighted by atomic mass is 9.94. The van der Waals surface area contributed by atoms with Crippen molar-refractivity contribution in [3.8, 4) is 0 Å². The second-order valence-corrected chi connectivity index (χ2v) is 4.96. The van der Waals surface area contributed by atoms with E-state index < -0.39 is 0 Å². The number of carbonyl (C=O) groups is 1. The SMILES string of the molecule is CCc1ncc(C(=O)N[C@@H](C)C2=CCCCC2)cn1. The van der Waals surface area contributed by atoms with E-state index in [2.05, 4.69) is 21.4 Å². The molecule has 0 unspecified atom stereocenters. The summed E-state index contributed by atoms with van der Waals surface area (Å²) >= 11 is 0. The van der Waals surface area contributed by atoms with Crippen LogP contribution in [0.3, 0.4) is 0 Å². The van der Waals surface area contributed by atoms with Gasteiger partial charge in [0.05, 0.1) is 5.56 Å². The maximum atomic E-state index is 12.1. The first-order chi connectivity index (χ1) is 9.20. The number of aromatic nitrogens is 2. The molecular weight excluding hydrogens is 238 g/mol. The Hall–Kier alpha value is -1.71. The van der Waals surface area contributed by atoms with Crippen molar-refractivity contribution in [2.24, 2.45) is 0 Å². The number of carbonyl (C=O) groups excluding carboxylic acids is 1. The number of hydrogen-bond acceptors (Lipinski definition) is 3. The minimum absolute atomic E-state index is 0.0957. The van der Waals surface area contributed by atoms with E-state index in [4.69, 9.17) is 0 Å². The van der Waals surface area contributed by atoms with Crippen LogP contribution in [0.5, 0.6) is 0 Å². The lowest BCUT2D eigenvalue weighted by molar-refractivity contribution is 0.0943. The molecule has 0 saturated heterocycles. The molecule has 1 amide bonds. The smallest absolute Gasteiger partial charge is 0.254 e. The van der Waals surface area contributed by atoms with Crippen LogP contribution in [0.1, 0.15) is 55.7 Å². The molecule has 0 bridgehead atoms. The summed E-state index contributed by atoms with van der Waals surface area (Å²) in [5, 5.41) is 3.02. The highest BCUT2D eigenvalue weighted by atomic mass is 16.1. The second kappa shape index (κ2) is 6.45. The van der Waals surface area contributed by atoms with Gasteiger partial charge in [0.1, 0.15) is 5.82 Å². The highest BCUT2D eigenvalue weighted by molar-refractivity contribution is 5.93. The fourth-order valence-electron chi connectivity index (χ4n) is 2.28. The minimum Gasteiger partial charge on any atom is -0.346 e. The van der Waals surface area contributed by atoms with Gasteiger partial charge in [-0.2, -0.15) is 0 Å². The summed E-state index contributed by atoms with van der Waals surface area (Å²) in [5.74, 6) is 0.668. The van der Waals surface area contributed by atoms with Crippen LogP contribution in [0.15, 0.2) is 24.0 Å². The summed E-state index contributed by atoms with van der Waals surface area (Å²) in [7, 11) is 0. The predicted octanol–water partition coefficient (Wildman–Crippen LogP) is 2.66. The van der Waals surface area contributed by atoms with Gasteiger partial charge in [-0.15, -0.1) is 0 Å². The molecule has 1 aliphatic rings. The van der Waals surface area contributed by atoms with Crippen molar-refractivity contribution < 1.29 is 4.79 Å². The van der Waals surface area contributed by atoms with E-state index in [-0.39, 0.29) is 11.9 Å². The van der Waals surface area contributed by atoms with E-state index in [0.717, 1.165) is 25.1 Å². The van der Waals surface area contributed by atoms with Crippen molar-refractivity contribution in [1.29, 1.82) is 0 Å². The Kier molecular flexibility index (Phi) is 4.66. The summed E-state index contributed by atoms with van der Waals surface area (Å²) in [4.78, 5) is 20.4. The van der Waals surface area contributed by atoms with Gasteiger partial charge < -0.3 is 5.32 Å². The maximum absolute atomic E-state index is 12.1. The molecule has 0 fully saturated rings. The molecule has 4 nitrogen and oxygen atoms in total. The number of nitrogens with one attached hydrogen (secondary N) is 1. The third-order valence-corrected chi connectivity index (χ3v) is 3.51. The Morgan fingerprint density at radius 2 is 2.11 bits per heavy atom. The first kappa shape index (κ1) is 13.7. The molecule has 0 aromatic carbocycles. The van der Waals surface area contributed by atoms with Gasteiger partial charge in [0.25, 0.3) is 5.91 Å². The van der Waals surface area contributed by atoms with E-state index in [9.17, 15) is 4.79 Å². The predicted molar refractivity (Wildman–Crippen MR) is 74.9 cm³/mol. The molecule has 102 valence electrons. The van der Waals surface area contributed by atoms with Crippen LogP contribution in [0.2, 0.25) is 0 Å². The quantitative estimate of drug-likeness (QED) is 0.846. The minimum atomic E-state index is -0.0957. The van der Waals surface area contributed by atoms with Crippen molar-refractivity contribution in [1.82, 2.24) is 15.3 Å². The van der Waals surface area contributed by atoms with Gasteiger partial charge in [-0.25, -0.2) is 9.97 Å². The summed E-state index contributed by atoms with van der Waals surface area (Å²) in [6.07, 6.45) is 10.9. The van der Waals surface area contributed by atoms with Crippen molar-refractivity contribution >= 4 is 5.91 Å². The molecule has 4 heteroatoms. The third-order valence-electron chi connectivity index (χ3n) is 3.51. The van der Waals surface area contributed by atoms with Crippen LogP contribution in [0, 0.1) is 0 Å². The number of allylic oxidation sites excluding steroid dienone is 1. The van der Waals surface area contributed by atoms with Crippen molar-refractivity contribution in [2.75, 3.05) is 0 Å². The average molecular weight is 259 g/mol. The molecule has 19 heavy (non-hydrogen) atoms. The zero-order valence-electron chi connectivity index (χ0n) is 11.6. The lowest BCUT2D eigenvalue weighted by Gasteiger charge is -2.20. The zero-order valence-corrected chi connectivity index (χ0v) is 11.6. The van der Waals surface area contributed by atoms with Gasteiger partial charge in [-0.3, -0.25) is 4.79 Å². The van der Waals surface area contributed by atoms with Crippen molar-refractivity contribution in [3.63, 3.8) is 0 Å². The Morgan fingerprint density at radius 1 is 1.37 bits per heavy atom. The van der Waals surface area contributed by atoms with Gasteiger partial charge in [0.15, 0.2) is 0 Å². The Labute approximate surface area is 114 Å². The fraction of sp³-hybridized carbons (Fsp3) is 0.533. The monoisotopic (exact) mass is 259 g/mol.